The van der Waals surface area contributed by atoms with Crippen LogP contribution in [0.2, 0.25) is 5.15 Å². The van der Waals surface area contributed by atoms with Gasteiger partial charge in [-0.15, -0.1) is 11.3 Å². The molecule has 0 saturated heterocycles. The first-order valence-corrected chi connectivity index (χ1v) is 9.76. The van der Waals surface area contributed by atoms with Crippen molar-refractivity contribution in [3.05, 3.63) is 75.3 Å². The Morgan fingerprint density at radius 2 is 1.96 bits per heavy atom. The van der Waals surface area contributed by atoms with Gasteiger partial charge in [0.15, 0.2) is 0 Å². The van der Waals surface area contributed by atoms with E-state index in [1.807, 2.05) is 25.1 Å². The molecule has 28 heavy (non-hydrogen) atoms. The van der Waals surface area contributed by atoms with Crippen LogP contribution in [-0.4, -0.2) is 20.7 Å². The van der Waals surface area contributed by atoms with Crippen molar-refractivity contribution in [3.8, 4) is 0 Å². The molecule has 2 aromatic heterocycles. The molecule has 0 aliphatic heterocycles. The van der Waals surface area contributed by atoms with E-state index < -0.39 is 0 Å². The summed E-state index contributed by atoms with van der Waals surface area (Å²) in [6.07, 6.45) is 0. The highest BCUT2D eigenvalue weighted by atomic mass is 35.5. The van der Waals surface area contributed by atoms with Crippen LogP contribution >= 0.6 is 22.9 Å². The third-order valence-corrected chi connectivity index (χ3v) is 5.61. The molecular formula is C20H16ClFN4OS. The van der Waals surface area contributed by atoms with Crippen molar-refractivity contribution in [3.63, 3.8) is 0 Å². The number of hydrogen-bond acceptors (Lipinski definition) is 4. The van der Waals surface area contributed by atoms with Gasteiger partial charge in [0.2, 0.25) is 0 Å². The SMILES string of the molecule is Cc1nc2ccc(NC(=O)c3c(C)nn(Cc4ccc(F)cc4)c3Cl)cc2s1. The molecule has 0 unspecified atom stereocenters. The van der Waals surface area contributed by atoms with Gasteiger partial charge in [0.25, 0.3) is 5.91 Å². The number of nitrogens with one attached hydrogen (secondary N) is 1. The van der Waals surface area contributed by atoms with E-state index in [1.165, 1.54) is 16.8 Å². The van der Waals surface area contributed by atoms with E-state index in [4.69, 9.17) is 11.6 Å². The molecule has 0 aliphatic carbocycles. The van der Waals surface area contributed by atoms with Crippen molar-refractivity contribution >= 4 is 44.7 Å². The average molecular weight is 415 g/mol. The molecule has 0 radical (unpaired) electrons. The lowest BCUT2D eigenvalue weighted by Gasteiger charge is -2.06. The Morgan fingerprint density at radius 3 is 2.71 bits per heavy atom. The number of nitrogens with zero attached hydrogens (tertiary/aromatic N) is 3. The molecule has 0 aliphatic rings. The first-order chi connectivity index (χ1) is 13.4. The highest BCUT2D eigenvalue weighted by Crippen LogP contribution is 2.26. The van der Waals surface area contributed by atoms with Crippen LogP contribution in [0.3, 0.4) is 0 Å². The molecule has 2 heterocycles. The quantitative estimate of drug-likeness (QED) is 0.499. The van der Waals surface area contributed by atoms with Crippen LogP contribution in [0, 0.1) is 19.7 Å². The van der Waals surface area contributed by atoms with Gasteiger partial charge in [-0.2, -0.15) is 5.10 Å². The number of carbonyl (C=O) groups excluding carboxylic acids is 1. The molecule has 4 aromatic rings. The molecule has 0 fully saturated rings. The fraction of sp³-hybridized carbons (Fsp3) is 0.150. The highest BCUT2D eigenvalue weighted by Gasteiger charge is 2.21. The highest BCUT2D eigenvalue weighted by molar-refractivity contribution is 7.18. The maximum absolute atomic E-state index is 13.1. The summed E-state index contributed by atoms with van der Waals surface area (Å²) >= 11 is 8.00. The largest absolute Gasteiger partial charge is 0.322 e. The third-order valence-electron chi connectivity index (χ3n) is 4.29. The number of thiazole rings is 1. The Labute approximate surface area is 169 Å². The van der Waals surface area contributed by atoms with E-state index in [0.717, 1.165) is 20.8 Å². The van der Waals surface area contributed by atoms with E-state index in [0.29, 0.717) is 23.5 Å². The lowest BCUT2D eigenvalue weighted by Crippen LogP contribution is -2.13. The minimum Gasteiger partial charge on any atom is -0.322 e. The lowest BCUT2D eigenvalue weighted by atomic mass is 10.2. The first kappa shape index (κ1) is 18.6. The van der Waals surface area contributed by atoms with Crippen molar-refractivity contribution in [2.75, 3.05) is 5.32 Å². The zero-order chi connectivity index (χ0) is 19.8. The molecule has 0 saturated carbocycles. The van der Waals surface area contributed by atoms with Gasteiger partial charge in [0, 0.05) is 5.69 Å². The van der Waals surface area contributed by atoms with E-state index in [2.05, 4.69) is 15.4 Å². The fourth-order valence-electron chi connectivity index (χ4n) is 2.99. The second kappa shape index (κ2) is 7.33. The first-order valence-electron chi connectivity index (χ1n) is 8.56. The number of fused-ring (bicyclic) bond motifs is 1. The van der Waals surface area contributed by atoms with Gasteiger partial charge < -0.3 is 5.32 Å². The van der Waals surface area contributed by atoms with E-state index in [9.17, 15) is 9.18 Å². The van der Waals surface area contributed by atoms with Gasteiger partial charge in [-0.3, -0.25) is 4.79 Å². The number of benzene rings is 2. The Hall–Kier alpha value is -2.77. The number of halogens is 2. The predicted molar refractivity (Wildman–Crippen MR) is 110 cm³/mol. The second-order valence-electron chi connectivity index (χ2n) is 6.40. The topological polar surface area (TPSA) is 59.8 Å². The number of hydrogen-bond donors (Lipinski definition) is 1. The van der Waals surface area contributed by atoms with Crippen LogP contribution in [0.1, 0.15) is 26.6 Å². The molecular weight excluding hydrogens is 399 g/mol. The molecule has 142 valence electrons. The van der Waals surface area contributed by atoms with Gasteiger partial charge in [-0.25, -0.2) is 14.1 Å². The summed E-state index contributed by atoms with van der Waals surface area (Å²) in [5.41, 5.74) is 3.26. The molecule has 2 aromatic carbocycles. The standard InChI is InChI=1S/C20H16ClFN4OS/c1-11-18(19(21)26(25-11)10-13-3-5-14(22)6-4-13)20(27)24-15-7-8-16-17(9-15)28-12(2)23-16/h3-9H,10H2,1-2H3,(H,24,27). The van der Waals surface area contributed by atoms with Crippen LogP contribution in [0.15, 0.2) is 42.5 Å². The second-order valence-corrected chi connectivity index (χ2v) is 8.00. The fourth-order valence-corrected chi connectivity index (χ4v) is 4.18. The minimum atomic E-state index is -0.326. The van der Waals surface area contributed by atoms with E-state index >= 15 is 0 Å². The Balaban J connectivity index is 1.58. The smallest absolute Gasteiger partial charge is 0.260 e. The van der Waals surface area contributed by atoms with E-state index in [1.54, 1.807) is 30.4 Å². The summed E-state index contributed by atoms with van der Waals surface area (Å²) < 4.78 is 15.6. The number of carbonyl (C=O) groups is 1. The minimum absolute atomic E-state index is 0.244. The van der Waals surface area contributed by atoms with Crippen LogP contribution in [0.5, 0.6) is 0 Å². The number of amides is 1. The van der Waals surface area contributed by atoms with Gasteiger partial charge in [0.1, 0.15) is 11.0 Å². The molecule has 8 heteroatoms. The van der Waals surface area contributed by atoms with Crippen molar-refractivity contribution in [1.82, 2.24) is 14.8 Å². The summed E-state index contributed by atoms with van der Waals surface area (Å²) in [7, 11) is 0. The van der Waals surface area contributed by atoms with Gasteiger partial charge in [0.05, 0.1) is 33.0 Å². The predicted octanol–water partition coefficient (Wildman–Crippen LogP) is 5.20. The molecule has 0 atom stereocenters. The van der Waals surface area contributed by atoms with Gasteiger partial charge in [-0.05, 0) is 49.7 Å². The Bertz CT molecular complexity index is 1180. The maximum Gasteiger partial charge on any atom is 0.260 e. The number of rotatable bonds is 4. The third kappa shape index (κ3) is 3.63. The lowest BCUT2D eigenvalue weighted by molar-refractivity contribution is 0.102. The van der Waals surface area contributed by atoms with Crippen LogP contribution in [0.4, 0.5) is 10.1 Å². The molecule has 5 nitrogen and oxygen atoms in total. The average Bonchev–Trinajstić information content (AvgIpc) is 3.15. The maximum atomic E-state index is 13.1. The number of aryl methyl sites for hydroxylation is 2. The van der Waals surface area contributed by atoms with Crippen molar-refractivity contribution in [2.24, 2.45) is 0 Å². The number of aromatic nitrogens is 3. The summed E-state index contributed by atoms with van der Waals surface area (Å²) in [5, 5.41) is 8.46. The zero-order valence-corrected chi connectivity index (χ0v) is 16.7. The van der Waals surface area contributed by atoms with E-state index in [-0.39, 0.29) is 16.9 Å². The van der Waals surface area contributed by atoms with Crippen molar-refractivity contribution < 1.29 is 9.18 Å². The summed E-state index contributed by atoms with van der Waals surface area (Å²) in [6, 6.07) is 11.7. The number of anilines is 1. The normalized spacial score (nSPS) is 11.1. The monoisotopic (exact) mass is 414 g/mol. The van der Waals surface area contributed by atoms with Gasteiger partial charge in [-0.1, -0.05) is 23.7 Å². The Kier molecular flexibility index (Phi) is 4.87. The van der Waals surface area contributed by atoms with Crippen LogP contribution in [0.25, 0.3) is 10.2 Å². The summed E-state index contributed by atoms with van der Waals surface area (Å²) in [5.74, 6) is -0.631. The summed E-state index contributed by atoms with van der Waals surface area (Å²) in [6.45, 7) is 4.03. The van der Waals surface area contributed by atoms with Crippen LogP contribution in [-0.2, 0) is 6.54 Å². The molecule has 0 bridgehead atoms. The van der Waals surface area contributed by atoms with Crippen molar-refractivity contribution in [2.45, 2.75) is 20.4 Å². The molecule has 1 amide bonds. The zero-order valence-electron chi connectivity index (χ0n) is 15.2. The Morgan fingerprint density at radius 1 is 1.21 bits per heavy atom. The molecule has 4 rings (SSSR count). The molecule has 0 spiro atoms. The molecule has 1 N–H and O–H groups in total. The van der Waals surface area contributed by atoms with Crippen molar-refractivity contribution in [1.29, 1.82) is 0 Å². The summed E-state index contributed by atoms with van der Waals surface area (Å²) in [4.78, 5) is 17.2. The van der Waals surface area contributed by atoms with Crippen LogP contribution < -0.4 is 5.32 Å². The van der Waals surface area contributed by atoms with Gasteiger partial charge >= 0.3 is 0 Å².